The first-order valence-corrected chi connectivity index (χ1v) is 10.2. The van der Waals surface area contributed by atoms with Gasteiger partial charge < -0.3 is 15.4 Å². The summed E-state index contributed by atoms with van der Waals surface area (Å²) in [5.74, 6) is 0.576. The molecule has 1 heterocycles. The summed E-state index contributed by atoms with van der Waals surface area (Å²) in [6.45, 7) is 2.00. The van der Waals surface area contributed by atoms with E-state index in [2.05, 4.69) is 15.6 Å². The van der Waals surface area contributed by atoms with Crippen molar-refractivity contribution in [2.75, 3.05) is 29.2 Å². The number of thiazole rings is 1. The van der Waals surface area contributed by atoms with E-state index in [-0.39, 0.29) is 23.3 Å². The van der Waals surface area contributed by atoms with Crippen LogP contribution < -0.4 is 15.4 Å². The van der Waals surface area contributed by atoms with E-state index in [1.165, 1.54) is 23.1 Å². The number of methoxy groups -OCH3 is 1. The van der Waals surface area contributed by atoms with Crippen LogP contribution in [0.15, 0.2) is 42.5 Å². The lowest BCUT2D eigenvalue weighted by Gasteiger charge is -2.09. The van der Waals surface area contributed by atoms with Gasteiger partial charge in [0, 0.05) is 0 Å². The lowest BCUT2D eigenvalue weighted by Crippen LogP contribution is -2.18. The van der Waals surface area contributed by atoms with Gasteiger partial charge in [-0.1, -0.05) is 29.5 Å². The zero-order chi connectivity index (χ0) is 19.2. The zero-order valence-corrected chi connectivity index (χ0v) is 16.6. The largest absolute Gasteiger partial charge is 0.495 e. The van der Waals surface area contributed by atoms with Gasteiger partial charge in [0.25, 0.3) is 0 Å². The summed E-state index contributed by atoms with van der Waals surface area (Å²) in [5.41, 5.74) is 2.61. The smallest absolute Gasteiger partial charge is 0.236 e. The third kappa shape index (κ3) is 5.21. The number of benzene rings is 2. The highest BCUT2D eigenvalue weighted by Gasteiger charge is 2.11. The zero-order valence-electron chi connectivity index (χ0n) is 14.9. The maximum absolute atomic E-state index is 12.1. The van der Waals surface area contributed by atoms with E-state index < -0.39 is 0 Å². The lowest BCUT2D eigenvalue weighted by atomic mass is 10.2. The fraction of sp³-hybridized carbons (Fsp3) is 0.211. The second kappa shape index (κ2) is 8.88. The highest BCUT2D eigenvalue weighted by atomic mass is 32.2. The minimum Gasteiger partial charge on any atom is -0.495 e. The van der Waals surface area contributed by atoms with Gasteiger partial charge in [0.2, 0.25) is 11.8 Å². The summed E-state index contributed by atoms with van der Waals surface area (Å²) in [6, 6.07) is 13.2. The molecule has 3 aromatic rings. The van der Waals surface area contributed by atoms with E-state index >= 15 is 0 Å². The minimum atomic E-state index is -0.187. The van der Waals surface area contributed by atoms with Gasteiger partial charge in [0.05, 0.1) is 34.5 Å². The van der Waals surface area contributed by atoms with E-state index in [1.807, 2.05) is 37.3 Å². The van der Waals surface area contributed by atoms with Crippen LogP contribution in [0.25, 0.3) is 10.2 Å². The normalized spacial score (nSPS) is 10.6. The summed E-state index contributed by atoms with van der Waals surface area (Å²) in [6.07, 6.45) is 0. The van der Waals surface area contributed by atoms with Crippen LogP contribution in [0.1, 0.15) is 5.56 Å². The molecule has 0 bridgehead atoms. The Bertz CT molecular complexity index is 972. The van der Waals surface area contributed by atoms with Crippen LogP contribution in [-0.2, 0) is 9.59 Å². The standard InChI is InChI=1S/C19H19N3O3S2/c1-12-7-8-16-14(9-12)21-19(27-16)22-18(24)11-26-10-17(23)20-13-5-3-4-6-15(13)25-2/h3-9H,10-11H2,1-2H3,(H,20,23)(H,21,22,24). The number of carbonyl (C=O) groups excluding carboxylic acids is 2. The number of nitrogens with one attached hydrogen (secondary N) is 2. The molecule has 0 aliphatic heterocycles. The molecule has 1 aromatic heterocycles. The number of thioether (sulfide) groups is 1. The Kier molecular flexibility index (Phi) is 6.31. The van der Waals surface area contributed by atoms with Crippen molar-refractivity contribution in [3.8, 4) is 5.75 Å². The van der Waals surface area contributed by atoms with Gasteiger partial charge in [-0.3, -0.25) is 9.59 Å². The van der Waals surface area contributed by atoms with E-state index in [0.29, 0.717) is 16.6 Å². The second-order valence-corrected chi connectivity index (χ2v) is 7.80. The molecule has 0 aliphatic rings. The van der Waals surface area contributed by atoms with Gasteiger partial charge in [-0.05, 0) is 36.8 Å². The molecule has 0 aliphatic carbocycles. The molecule has 0 saturated carbocycles. The number of hydrogen-bond acceptors (Lipinski definition) is 6. The number of fused-ring (bicyclic) bond motifs is 1. The molecular weight excluding hydrogens is 382 g/mol. The molecule has 0 unspecified atom stereocenters. The first-order chi connectivity index (χ1) is 13.0. The summed E-state index contributed by atoms with van der Waals surface area (Å²) >= 11 is 2.68. The molecule has 140 valence electrons. The SMILES string of the molecule is COc1ccccc1NC(=O)CSCC(=O)Nc1nc2cc(C)ccc2s1. The van der Waals surface area contributed by atoms with Crippen LogP contribution in [0.2, 0.25) is 0 Å². The number of aryl methyl sites for hydroxylation is 1. The molecule has 2 amide bonds. The van der Waals surface area contributed by atoms with E-state index in [0.717, 1.165) is 15.8 Å². The van der Waals surface area contributed by atoms with Crippen molar-refractivity contribution in [2.45, 2.75) is 6.92 Å². The second-order valence-electron chi connectivity index (χ2n) is 5.78. The Morgan fingerprint density at radius 1 is 1.11 bits per heavy atom. The molecule has 2 N–H and O–H groups in total. The van der Waals surface area contributed by atoms with Crippen LogP contribution in [-0.4, -0.2) is 35.4 Å². The number of carbonyl (C=O) groups is 2. The molecule has 2 aromatic carbocycles. The van der Waals surface area contributed by atoms with Crippen molar-refractivity contribution in [2.24, 2.45) is 0 Å². The summed E-state index contributed by atoms with van der Waals surface area (Å²) in [4.78, 5) is 28.5. The molecule has 0 atom stereocenters. The van der Waals surface area contributed by atoms with Crippen molar-refractivity contribution in [3.05, 3.63) is 48.0 Å². The number of hydrogen-bond donors (Lipinski definition) is 2. The molecule has 0 radical (unpaired) electrons. The summed E-state index contributed by atoms with van der Waals surface area (Å²) in [5, 5.41) is 6.14. The van der Waals surface area contributed by atoms with Crippen molar-refractivity contribution in [3.63, 3.8) is 0 Å². The van der Waals surface area contributed by atoms with Crippen molar-refractivity contribution < 1.29 is 14.3 Å². The molecule has 6 nitrogen and oxygen atoms in total. The van der Waals surface area contributed by atoms with Gasteiger partial charge in [-0.2, -0.15) is 0 Å². The van der Waals surface area contributed by atoms with Gasteiger partial charge in [0.1, 0.15) is 5.75 Å². The lowest BCUT2D eigenvalue weighted by molar-refractivity contribution is -0.114. The number of aromatic nitrogens is 1. The summed E-state index contributed by atoms with van der Waals surface area (Å²) in [7, 11) is 1.55. The van der Waals surface area contributed by atoms with E-state index in [9.17, 15) is 9.59 Å². The fourth-order valence-corrected chi connectivity index (χ4v) is 3.90. The van der Waals surface area contributed by atoms with E-state index in [4.69, 9.17) is 4.74 Å². The Balaban J connectivity index is 1.46. The number of anilines is 2. The van der Waals surface area contributed by atoms with Crippen LogP contribution in [0, 0.1) is 6.92 Å². The van der Waals surface area contributed by atoms with Crippen LogP contribution >= 0.6 is 23.1 Å². The molecule has 3 rings (SSSR count). The number of nitrogens with zero attached hydrogens (tertiary/aromatic N) is 1. The van der Waals surface area contributed by atoms with Crippen LogP contribution in [0.3, 0.4) is 0 Å². The molecular formula is C19H19N3O3S2. The van der Waals surface area contributed by atoms with Crippen molar-refractivity contribution >= 4 is 55.9 Å². The average molecular weight is 402 g/mol. The molecule has 0 spiro atoms. The monoisotopic (exact) mass is 401 g/mol. The summed E-state index contributed by atoms with van der Waals surface area (Å²) < 4.78 is 6.22. The quantitative estimate of drug-likeness (QED) is 0.627. The van der Waals surface area contributed by atoms with Gasteiger partial charge in [-0.25, -0.2) is 4.98 Å². The number of amides is 2. The topological polar surface area (TPSA) is 80.3 Å². The first kappa shape index (κ1) is 19.2. The van der Waals surface area contributed by atoms with Gasteiger partial charge in [0.15, 0.2) is 5.13 Å². The Labute approximate surface area is 165 Å². The van der Waals surface area contributed by atoms with Crippen molar-refractivity contribution in [1.29, 1.82) is 0 Å². The van der Waals surface area contributed by atoms with Crippen molar-refractivity contribution in [1.82, 2.24) is 4.98 Å². The predicted octanol–water partition coefficient (Wildman–Crippen LogP) is 3.92. The van der Waals surface area contributed by atoms with E-state index in [1.54, 1.807) is 19.2 Å². The molecule has 0 fully saturated rings. The number of para-hydroxylation sites is 2. The highest BCUT2D eigenvalue weighted by molar-refractivity contribution is 8.00. The van der Waals surface area contributed by atoms with Crippen LogP contribution in [0.4, 0.5) is 10.8 Å². The average Bonchev–Trinajstić information content (AvgIpc) is 3.03. The third-order valence-corrected chi connectivity index (χ3v) is 5.52. The Morgan fingerprint density at radius 2 is 1.85 bits per heavy atom. The molecule has 8 heteroatoms. The minimum absolute atomic E-state index is 0.171. The Morgan fingerprint density at radius 3 is 2.63 bits per heavy atom. The maximum atomic E-state index is 12.1. The molecule has 0 saturated heterocycles. The van der Waals surface area contributed by atoms with Crippen LogP contribution in [0.5, 0.6) is 5.75 Å². The Hall–Kier alpha value is -2.58. The van der Waals surface area contributed by atoms with Gasteiger partial charge in [-0.15, -0.1) is 11.8 Å². The highest BCUT2D eigenvalue weighted by Crippen LogP contribution is 2.26. The predicted molar refractivity (Wildman–Crippen MR) is 112 cm³/mol. The van der Waals surface area contributed by atoms with Gasteiger partial charge >= 0.3 is 0 Å². The number of ether oxygens (including phenoxy) is 1. The third-order valence-electron chi connectivity index (χ3n) is 3.64. The molecule has 27 heavy (non-hydrogen) atoms. The first-order valence-electron chi connectivity index (χ1n) is 8.23. The number of rotatable bonds is 7. The fourth-order valence-electron chi connectivity index (χ4n) is 2.42. The maximum Gasteiger partial charge on any atom is 0.236 e.